The van der Waals surface area contributed by atoms with Gasteiger partial charge in [-0.2, -0.15) is 0 Å². The predicted molar refractivity (Wildman–Crippen MR) is 99.7 cm³/mol. The van der Waals surface area contributed by atoms with E-state index in [1.54, 1.807) is 48.5 Å². The summed E-state index contributed by atoms with van der Waals surface area (Å²) in [5.41, 5.74) is 2.34. The zero-order valence-corrected chi connectivity index (χ0v) is 14.1. The number of aliphatic hydroxyl groups excluding tert-OH is 2. The van der Waals surface area contributed by atoms with Gasteiger partial charge in [0.15, 0.2) is 0 Å². The van der Waals surface area contributed by atoms with Gasteiger partial charge in [-0.3, -0.25) is 9.59 Å². The number of benzene rings is 2. The predicted octanol–water partition coefficient (Wildman–Crippen LogP) is -0.148. The number of aliphatic hydroxyl groups is 2. The van der Waals surface area contributed by atoms with E-state index in [4.69, 9.17) is 18.1 Å². The lowest BCUT2D eigenvalue weighted by molar-refractivity contribution is -0.117. The molecular formula is C19H19BN2O4. The molecule has 0 saturated heterocycles. The van der Waals surface area contributed by atoms with E-state index in [9.17, 15) is 9.59 Å². The maximum Gasteiger partial charge on any atom is 0.267 e. The molecule has 0 atom stereocenters. The third-order valence-electron chi connectivity index (χ3n) is 3.54. The smallest absolute Gasteiger partial charge is 0.267 e. The molecule has 26 heavy (non-hydrogen) atoms. The molecule has 2 aromatic carbocycles. The van der Waals surface area contributed by atoms with Gasteiger partial charge in [0.05, 0.1) is 13.2 Å². The third kappa shape index (κ3) is 5.58. The number of amides is 2. The molecule has 0 fully saturated rings. The van der Waals surface area contributed by atoms with E-state index in [2.05, 4.69) is 10.6 Å². The Bertz CT molecular complexity index is 786. The highest BCUT2D eigenvalue weighted by Crippen LogP contribution is 2.08. The number of carbonyl (C=O) groups is 2. The van der Waals surface area contributed by atoms with Crippen LogP contribution in [0.3, 0.4) is 0 Å². The van der Waals surface area contributed by atoms with Crippen molar-refractivity contribution in [2.45, 2.75) is 6.61 Å². The van der Waals surface area contributed by atoms with Gasteiger partial charge < -0.3 is 20.8 Å². The lowest BCUT2D eigenvalue weighted by Crippen LogP contribution is -2.36. The van der Waals surface area contributed by atoms with Crippen molar-refractivity contribution in [1.82, 2.24) is 10.6 Å². The lowest BCUT2D eigenvalue weighted by atomic mass is 9.95. The van der Waals surface area contributed by atoms with E-state index in [-0.39, 0.29) is 25.5 Å². The van der Waals surface area contributed by atoms with Gasteiger partial charge in [-0.05, 0) is 29.3 Å². The quantitative estimate of drug-likeness (QED) is 0.412. The first-order valence-electron chi connectivity index (χ1n) is 8.01. The second-order valence-electron chi connectivity index (χ2n) is 5.51. The van der Waals surface area contributed by atoms with Crippen LogP contribution in [0.2, 0.25) is 0 Å². The van der Waals surface area contributed by atoms with Crippen LogP contribution in [0.5, 0.6) is 0 Å². The topological polar surface area (TPSA) is 98.7 Å². The molecule has 0 saturated carbocycles. The summed E-state index contributed by atoms with van der Waals surface area (Å²) >= 11 is 0. The Hall–Kier alpha value is -2.90. The number of hydrogen-bond donors (Lipinski definition) is 4. The minimum Gasteiger partial charge on any atom is -0.395 e. The second-order valence-corrected chi connectivity index (χ2v) is 5.51. The lowest BCUT2D eigenvalue weighted by Gasteiger charge is -2.11. The van der Waals surface area contributed by atoms with Crippen LogP contribution in [0, 0.1) is 0 Å². The Kier molecular flexibility index (Phi) is 7.14. The van der Waals surface area contributed by atoms with Crippen LogP contribution in [0.15, 0.2) is 54.2 Å². The highest BCUT2D eigenvalue weighted by atomic mass is 16.3. The minimum absolute atomic E-state index is 0.0412. The average molecular weight is 350 g/mol. The highest BCUT2D eigenvalue weighted by Gasteiger charge is 2.14. The first kappa shape index (κ1) is 19.4. The molecule has 0 spiro atoms. The van der Waals surface area contributed by atoms with Gasteiger partial charge in [0.2, 0.25) is 0 Å². The Morgan fingerprint density at radius 1 is 1.00 bits per heavy atom. The van der Waals surface area contributed by atoms with E-state index in [0.717, 1.165) is 0 Å². The summed E-state index contributed by atoms with van der Waals surface area (Å²) < 4.78 is 0. The number of nitrogens with one attached hydrogen (secondary N) is 2. The van der Waals surface area contributed by atoms with Crippen molar-refractivity contribution < 1.29 is 19.8 Å². The Balaban J connectivity index is 2.23. The van der Waals surface area contributed by atoms with E-state index in [1.165, 1.54) is 6.08 Å². The second kappa shape index (κ2) is 9.55. The van der Waals surface area contributed by atoms with Crippen molar-refractivity contribution in [2.75, 3.05) is 13.2 Å². The maximum absolute atomic E-state index is 12.4. The first-order chi connectivity index (χ1) is 12.5. The summed E-state index contributed by atoms with van der Waals surface area (Å²) in [4.78, 5) is 24.7. The molecule has 0 bridgehead atoms. The van der Waals surface area contributed by atoms with E-state index >= 15 is 0 Å². The molecule has 2 amide bonds. The SMILES string of the molecule is [B]c1ccc(/C=C(\NC(=O)c2ccc(CO)cc2)C(=O)NCCO)cc1. The molecule has 2 radical (unpaired) electrons. The molecule has 6 nitrogen and oxygen atoms in total. The van der Waals surface area contributed by atoms with Gasteiger partial charge in [-0.1, -0.05) is 41.9 Å². The molecule has 7 heteroatoms. The first-order valence-corrected chi connectivity index (χ1v) is 8.01. The third-order valence-corrected chi connectivity index (χ3v) is 3.54. The van der Waals surface area contributed by atoms with Crippen LogP contribution in [0.25, 0.3) is 6.08 Å². The van der Waals surface area contributed by atoms with Crippen molar-refractivity contribution in [3.8, 4) is 0 Å². The molecule has 4 N–H and O–H groups in total. The molecule has 132 valence electrons. The van der Waals surface area contributed by atoms with Crippen molar-refractivity contribution >= 4 is 31.2 Å². The summed E-state index contributed by atoms with van der Waals surface area (Å²) in [6.07, 6.45) is 1.52. The normalized spacial score (nSPS) is 11.1. The Morgan fingerprint density at radius 3 is 2.23 bits per heavy atom. The van der Waals surface area contributed by atoms with E-state index < -0.39 is 11.8 Å². The Labute approximate surface area is 153 Å². The van der Waals surface area contributed by atoms with Gasteiger partial charge in [0.1, 0.15) is 13.5 Å². The van der Waals surface area contributed by atoms with Gasteiger partial charge in [0.25, 0.3) is 11.8 Å². The van der Waals surface area contributed by atoms with Gasteiger partial charge in [0, 0.05) is 12.1 Å². The zero-order chi connectivity index (χ0) is 18.9. The molecule has 0 unspecified atom stereocenters. The summed E-state index contributed by atoms with van der Waals surface area (Å²) in [6.45, 7) is -0.260. The molecule has 0 heterocycles. The monoisotopic (exact) mass is 350 g/mol. The maximum atomic E-state index is 12.4. The summed E-state index contributed by atoms with van der Waals surface area (Å²) in [5, 5.41) is 23.0. The highest BCUT2D eigenvalue weighted by molar-refractivity contribution is 6.32. The molecule has 0 aliphatic carbocycles. The molecule has 0 aliphatic rings. The molecule has 0 aliphatic heterocycles. The number of rotatable bonds is 7. The fourth-order valence-electron chi connectivity index (χ4n) is 2.14. The number of carbonyl (C=O) groups excluding carboxylic acids is 2. The standard InChI is InChI=1S/C19H19BN2O4/c20-16-7-3-13(4-8-16)11-17(19(26)21-9-10-23)22-18(25)15-5-1-14(12-24)2-6-15/h1-8,11,23-24H,9-10,12H2,(H,21,26)(H,22,25)/b17-11-. The van der Waals surface area contributed by atoms with Crippen LogP contribution in [0.4, 0.5) is 0 Å². The van der Waals surface area contributed by atoms with E-state index in [1.807, 2.05) is 0 Å². The van der Waals surface area contributed by atoms with Crippen LogP contribution in [-0.2, 0) is 11.4 Å². The average Bonchev–Trinajstić information content (AvgIpc) is 2.67. The fraction of sp³-hybridized carbons (Fsp3) is 0.158. The molecule has 2 rings (SSSR count). The van der Waals surface area contributed by atoms with Crippen LogP contribution < -0.4 is 16.1 Å². The van der Waals surface area contributed by atoms with Crippen LogP contribution in [0.1, 0.15) is 21.5 Å². The van der Waals surface area contributed by atoms with Crippen molar-refractivity contribution in [3.63, 3.8) is 0 Å². The van der Waals surface area contributed by atoms with Gasteiger partial charge in [-0.15, -0.1) is 0 Å². The summed E-state index contributed by atoms with van der Waals surface area (Å²) in [6, 6.07) is 13.2. The molecular weight excluding hydrogens is 331 g/mol. The minimum atomic E-state index is -0.517. The van der Waals surface area contributed by atoms with E-state index in [0.29, 0.717) is 22.2 Å². The summed E-state index contributed by atoms with van der Waals surface area (Å²) in [5.74, 6) is -0.980. The van der Waals surface area contributed by atoms with Gasteiger partial charge >= 0.3 is 0 Å². The Morgan fingerprint density at radius 2 is 1.65 bits per heavy atom. The summed E-state index contributed by atoms with van der Waals surface area (Å²) in [7, 11) is 5.65. The fourth-order valence-corrected chi connectivity index (χ4v) is 2.14. The molecule has 2 aromatic rings. The molecule has 0 aromatic heterocycles. The van der Waals surface area contributed by atoms with Crippen LogP contribution in [-0.4, -0.2) is 43.0 Å². The van der Waals surface area contributed by atoms with Crippen molar-refractivity contribution in [2.24, 2.45) is 0 Å². The van der Waals surface area contributed by atoms with Crippen LogP contribution >= 0.6 is 0 Å². The van der Waals surface area contributed by atoms with Crippen molar-refractivity contribution in [3.05, 3.63) is 70.9 Å². The van der Waals surface area contributed by atoms with Gasteiger partial charge in [-0.25, -0.2) is 0 Å². The zero-order valence-electron chi connectivity index (χ0n) is 14.1. The number of hydrogen-bond acceptors (Lipinski definition) is 4. The van der Waals surface area contributed by atoms with Crippen molar-refractivity contribution in [1.29, 1.82) is 0 Å². The largest absolute Gasteiger partial charge is 0.395 e.